The van der Waals surface area contributed by atoms with Gasteiger partial charge in [0.15, 0.2) is 0 Å². The Morgan fingerprint density at radius 2 is 2.11 bits per heavy atom. The SMILES string of the molecule is CCCc1nc(NCC)c(C)c(N2CCC(C)C2)n1. The minimum absolute atomic E-state index is 0.770. The fourth-order valence-corrected chi connectivity index (χ4v) is 2.66. The summed E-state index contributed by atoms with van der Waals surface area (Å²) in [6.07, 6.45) is 3.31. The van der Waals surface area contributed by atoms with Crippen LogP contribution in [0.1, 0.15) is 45.0 Å². The van der Waals surface area contributed by atoms with Gasteiger partial charge in [0.2, 0.25) is 0 Å². The molecule has 0 radical (unpaired) electrons. The van der Waals surface area contributed by atoms with Gasteiger partial charge in [0, 0.05) is 31.6 Å². The molecule has 2 rings (SSSR count). The van der Waals surface area contributed by atoms with Gasteiger partial charge in [0.05, 0.1) is 0 Å². The van der Waals surface area contributed by atoms with Crippen LogP contribution in [0.15, 0.2) is 0 Å². The number of nitrogens with one attached hydrogen (secondary N) is 1. The van der Waals surface area contributed by atoms with Gasteiger partial charge in [0.1, 0.15) is 17.5 Å². The zero-order valence-electron chi connectivity index (χ0n) is 12.7. The van der Waals surface area contributed by atoms with Crippen molar-refractivity contribution in [1.82, 2.24) is 9.97 Å². The predicted octanol–water partition coefficient (Wildman–Crippen LogP) is 3.02. The average Bonchev–Trinajstić information content (AvgIpc) is 2.80. The van der Waals surface area contributed by atoms with Crippen LogP contribution in [0.4, 0.5) is 11.6 Å². The zero-order chi connectivity index (χ0) is 13.8. The Morgan fingerprint density at radius 3 is 2.68 bits per heavy atom. The normalized spacial score (nSPS) is 18.9. The molecular formula is C15H26N4. The zero-order valence-corrected chi connectivity index (χ0v) is 12.7. The van der Waals surface area contributed by atoms with E-state index in [2.05, 4.69) is 42.9 Å². The molecule has 4 heteroatoms. The second-order valence-electron chi connectivity index (χ2n) is 5.56. The van der Waals surface area contributed by atoms with E-state index in [1.807, 2.05) is 0 Å². The Balaban J connectivity index is 2.34. The molecule has 0 bridgehead atoms. The summed E-state index contributed by atoms with van der Waals surface area (Å²) in [5, 5.41) is 3.37. The third kappa shape index (κ3) is 3.17. The number of hydrogen-bond acceptors (Lipinski definition) is 4. The first-order valence-corrected chi connectivity index (χ1v) is 7.52. The molecule has 4 nitrogen and oxygen atoms in total. The summed E-state index contributed by atoms with van der Waals surface area (Å²) in [4.78, 5) is 11.9. The Morgan fingerprint density at radius 1 is 1.32 bits per heavy atom. The van der Waals surface area contributed by atoms with Crippen LogP contribution in [-0.4, -0.2) is 29.6 Å². The van der Waals surface area contributed by atoms with Gasteiger partial charge >= 0.3 is 0 Å². The predicted molar refractivity (Wildman–Crippen MR) is 80.9 cm³/mol. The molecule has 0 aromatic carbocycles. The second-order valence-corrected chi connectivity index (χ2v) is 5.56. The number of nitrogens with zero attached hydrogens (tertiary/aromatic N) is 3. The number of anilines is 2. The van der Waals surface area contributed by atoms with Gasteiger partial charge < -0.3 is 10.2 Å². The molecule has 1 atom stereocenters. The summed E-state index contributed by atoms with van der Waals surface area (Å²) in [6.45, 7) is 11.9. The summed E-state index contributed by atoms with van der Waals surface area (Å²) in [6, 6.07) is 0. The maximum absolute atomic E-state index is 4.80. The lowest BCUT2D eigenvalue weighted by atomic mass is 10.2. The van der Waals surface area contributed by atoms with Gasteiger partial charge in [0.25, 0.3) is 0 Å². The second kappa shape index (κ2) is 6.22. The van der Waals surface area contributed by atoms with Crippen LogP contribution in [0.2, 0.25) is 0 Å². The van der Waals surface area contributed by atoms with E-state index in [-0.39, 0.29) is 0 Å². The molecular weight excluding hydrogens is 236 g/mol. The van der Waals surface area contributed by atoms with E-state index < -0.39 is 0 Å². The van der Waals surface area contributed by atoms with Crippen LogP contribution in [0, 0.1) is 12.8 Å². The van der Waals surface area contributed by atoms with Crippen molar-refractivity contribution in [2.45, 2.75) is 47.0 Å². The molecule has 1 fully saturated rings. The molecule has 19 heavy (non-hydrogen) atoms. The molecule has 0 saturated carbocycles. The van der Waals surface area contributed by atoms with Crippen molar-refractivity contribution < 1.29 is 0 Å². The lowest BCUT2D eigenvalue weighted by Gasteiger charge is -2.22. The molecule has 1 aliphatic heterocycles. The van der Waals surface area contributed by atoms with Gasteiger partial charge in [-0.25, -0.2) is 9.97 Å². The summed E-state index contributed by atoms with van der Waals surface area (Å²) in [5.74, 6) is 3.89. The van der Waals surface area contributed by atoms with Crippen molar-refractivity contribution in [3.63, 3.8) is 0 Å². The van der Waals surface area contributed by atoms with Crippen LogP contribution >= 0.6 is 0 Å². The number of aromatic nitrogens is 2. The van der Waals surface area contributed by atoms with Crippen molar-refractivity contribution >= 4 is 11.6 Å². The lowest BCUT2D eigenvalue weighted by Crippen LogP contribution is -2.23. The Hall–Kier alpha value is -1.32. The summed E-state index contributed by atoms with van der Waals surface area (Å²) in [7, 11) is 0. The minimum Gasteiger partial charge on any atom is -0.370 e. The molecule has 1 aromatic heterocycles. The molecule has 0 spiro atoms. The fraction of sp³-hybridized carbons (Fsp3) is 0.733. The first-order chi connectivity index (χ1) is 9.15. The first-order valence-electron chi connectivity index (χ1n) is 7.52. The molecule has 0 aliphatic carbocycles. The topological polar surface area (TPSA) is 41.1 Å². The highest BCUT2D eigenvalue weighted by molar-refractivity contribution is 5.59. The van der Waals surface area contributed by atoms with Crippen LogP contribution in [-0.2, 0) is 6.42 Å². The summed E-state index contributed by atoms with van der Waals surface area (Å²) < 4.78 is 0. The van der Waals surface area contributed by atoms with E-state index in [9.17, 15) is 0 Å². The molecule has 106 valence electrons. The van der Waals surface area contributed by atoms with Crippen LogP contribution in [0.25, 0.3) is 0 Å². The first kappa shape index (κ1) is 14.1. The number of aryl methyl sites for hydroxylation is 1. The van der Waals surface area contributed by atoms with E-state index in [1.54, 1.807) is 0 Å². The van der Waals surface area contributed by atoms with Crippen molar-refractivity contribution in [3.8, 4) is 0 Å². The van der Waals surface area contributed by atoms with Crippen LogP contribution in [0.5, 0.6) is 0 Å². The van der Waals surface area contributed by atoms with Gasteiger partial charge in [-0.2, -0.15) is 0 Å². The highest BCUT2D eigenvalue weighted by Gasteiger charge is 2.23. The number of hydrogen-bond donors (Lipinski definition) is 1. The van der Waals surface area contributed by atoms with E-state index in [4.69, 9.17) is 4.98 Å². The van der Waals surface area contributed by atoms with Gasteiger partial charge in [-0.05, 0) is 32.6 Å². The molecule has 1 aromatic rings. The monoisotopic (exact) mass is 262 g/mol. The van der Waals surface area contributed by atoms with Crippen molar-refractivity contribution in [1.29, 1.82) is 0 Å². The van der Waals surface area contributed by atoms with Gasteiger partial charge in [-0.1, -0.05) is 13.8 Å². The van der Waals surface area contributed by atoms with E-state index in [0.29, 0.717) is 0 Å². The highest BCUT2D eigenvalue weighted by Crippen LogP contribution is 2.28. The Bertz CT molecular complexity index is 430. The molecule has 1 saturated heterocycles. The third-order valence-electron chi connectivity index (χ3n) is 3.71. The summed E-state index contributed by atoms with van der Waals surface area (Å²) >= 11 is 0. The van der Waals surface area contributed by atoms with Crippen molar-refractivity contribution in [2.24, 2.45) is 5.92 Å². The molecule has 1 aliphatic rings. The highest BCUT2D eigenvalue weighted by atomic mass is 15.2. The maximum Gasteiger partial charge on any atom is 0.137 e. The van der Waals surface area contributed by atoms with Gasteiger partial charge in [-0.3, -0.25) is 0 Å². The average molecular weight is 262 g/mol. The smallest absolute Gasteiger partial charge is 0.137 e. The molecule has 2 heterocycles. The van der Waals surface area contributed by atoms with Gasteiger partial charge in [-0.15, -0.1) is 0 Å². The molecule has 1 unspecified atom stereocenters. The van der Waals surface area contributed by atoms with E-state index in [0.717, 1.165) is 55.9 Å². The van der Waals surface area contributed by atoms with Crippen LogP contribution in [0.3, 0.4) is 0 Å². The van der Waals surface area contributed by atoms with Crippen molar-refractivity contribution in [3.05, 3.63) is 11.4 Å². The standard InChI is InChI=1S/C15H26N4/c1-5-7-13-17-14(16-6-2)12(4)15(18-13)19-9-8-11(3)10-19/h11H,5-10H2,1-4H3,(H,16,17,18). The number of rotatable bonds is 5. The molecule has 0 amide bonds. The van der Waals surface area contributed by atoms with Crippen molar-refractivity contribution in [2.75, 3.05) is 29.9 Å². The van der Waals surface area contributed by atoms with E-state index >= 15 is 0 Å². The maximum atomic E-state index is 4.80. The Labute approximate surface area is 116 Å². The quantitative estimate of drug-likeness (QED) is 0.885. The lowest BCUT2D eigenvalue weighted by molar-refractivity contribution is 0.658. The summed E-state index contributed by atoms with van der Waals surface area (Å²) in [5.41, 5.74) is 1.19. The molecule has 1 N–H and O–H groups in total. The minimum atomic E-state index is 0.770. The fourth-order valence-electron chi connectivity index (χ4n) is 2.66. The Kier molecular flexibility index (Phi) is 4.61. The largest absolute Gasteiger partial charge is 0.370 e. The third-order valence-corrected chi connectivity index (χ3v) is 3.71. The van der Waals surface area contributed by atoms with Crippen LogP contribution < -0.4 is 10.2 Å². The van der Waals surface area contributed by atoms with E-state index in [1.165, 1.54) is 12.0 Å².